The molecular formula is C11H7BrFNO4S2. The van der Waals surface area contributed by atoms with Crippen molar-refractivity contribution in [3.05, 3.63) is 44.8 Å². The second kappa shape index (κ2) is 5.51. The van der Waals surface area contributed by atoms with Gasteiger partial charge in [0.1, 0.15) is 15.6 Å². The van der Waals surface area contributed by atoms with E-state index in [1.54, 1.807) is 0 Å². The van der Waals surface area contributed by atoms with Gasteiger partial charge in [-0.15, -0.1) is 11.3 Å². The van der Waals surface area contributed by atoms with Gasteiger partial charge < -0.3 is 5.11 Å². The lowest BCUT2D eigenvalue weighted by Gasteiger charge is -2.09. The van der Waals surface area contributed by atoms with E-state index in [9.17, 15) is 17.6 Å². The molecule has 0 bridgehead atoms. The molecule has 2 rings (SSSR count). The van der Waals surface area contributed by atoms with Crippen molar-refractivity contribution < 1.29 is 22.7 Å². The summed E-state index contributed by atoms with van der Waals surface area (Å²) in [7, 11) is -4.10. The number of carbonyl (C=O) groups is 1. The summed E-state index contributed by atoms with van der Waals surface area (Å²) in [4.78, 5) is 10.3. The molecule has 9 heteroatoms. The van der Waals surface area contributed by atoms with Crippen LogP contribution >= 0.6 is 27.3 Å². The third kappa shape index (κ3) is 3.00. The number of sulfonamides is 1. The molecule has 1 aromatic carbocycles. The van der Waals surface area contributed by atoms with Crippen LogP contribution in [0.25, 0.3) is 0 Å². The average Bonchev–Trinajstić information content (AvgIpc) is 2.83. The minimum atomic E-state index is -4.10. The normalized spacial score (nSPS) is 11.3. The minimum absolute atomic E-state index is 0.00691. The first kappa shape index (κ1) is 14.9. The van der Waals surface area contributed by atoms with Crippen LogP contribution in [-0.4, -0.2) is 19.5 Å². The molecule has 1 heterocycles. The fraction of sp³-hybridized carbons (Fsp3) is 0. The van der Waals surface area contributed by atoms with E-state index >= 15 is 0 Å². The minimum Gasteiger partial charge on any atom is -0.477 e. The fourth-order valence-electron chi connectivity index (χ4n) is 1.44. The number of anilines is 1. The molecule has 0 fully saturated rings. The maximum atomic E-state index is 13.1. The van der Waals surface area contributed by atoms with E-state index in [4.69, 9.17) is 5.11 Å². The molecule has 106 valence electrons. The van der Waals surface area contributed by atoms with Crippen molar-refractivity contribution in [1.82, 2.24) is 0 Å². The zero-order valence-electron chi connectivity index (χ0n) is 9.63. The van der Waals surface area contributed by atoms with Crippen molar-refractivity contribution in [1.29, 1.82) is 0 Å². The van der Waals surface area contributed by atoms with Crippen LogP contribution in [0.4, 0.5) is 10.1 Å². The van der Waals surface area contributed by atoms with Crippen LogP contribution in [0.5, 0.6) is 0 Å². The van der Waals surface area contributed by atoms with Gasteiger partial charge >= 0.3 is 5.97 Å². The zero-order valence-corrected chi connectivity index (χ0v) is 12.9. The molecule has 0 atom stereocenters. The number of carboxylic acids is 1. The van der Waals surface area contributed by atoms with E-state index in [2.05, 4.69) is 20.7 Å². The number of nitrogens with one attached hydrogen (secondary N) is 1. The third-order valence-corrected chi connectivity index (χ3v) is 5.42. The first-order chi connectivity index (χ1) is 9.31. The van der Waals surface area contributed by atoms with E-state index < -0.39 is 21.8 Å². The first-order valence-corrected chi connectivity index (χ1v) is 8.25. The van der Waals surface area contributed by atoms with Crippen LogP contribution in [-0.2, 0) is 10.0 Å². The van der Waals surface area contributed by atoms with Crippen LogP contribution in [0.1, 0.15) is 9.67 Å². The Kier molecular flexibility index (Phi) is 4.11. The highest BCUT2D eigenvalue weighted by atomic mass is 79.9. The van der Waals surface area contributed by atoms with Crippen molar-refractivity contribution in [2.75, 3.05) is 4.72 Å². The highest BCUT2D eigenvalue weighted by Crippen LogP contribution is 2.28. The summed E-state index contributed by atoms with van der Waals surface area (Å²) in [5.74, 6) is -1.95. The molecule has 5 nitrogen and oxygen atoms in total. The van der Waals surface area contributed by atoms with Gasteiger partial charge in [-0.25, -0.2) is 17.6 Å². The summed E-state index contributed by atoms with van der Waals surface area (Å²) < 4.78 is 39.9. The lowest BCUT2D eigenvalue weighted by Crippen LogP contribution is -2.15. The predicted octanol–water partition coefficient (Wildman–Crippen LogP) is 3.15. The van der Waals surface area contributed by atoms with Gasteiger partial charge in [-0.3, -0.25) is 4.72 Å². The number of carboxylic acid groups (broad SMARTS) is 1. The van der Waals surface area contributed by atoms with Crippen molar-refractivity contribution >= 4 is 48.9 Å². The van der Waals surface area contributed by atoms with Crippen LogP contribution in [0.3, 0.4) is 0 Å². The molecule has 1 aromatic heterocycles. The van der Waals surface area contributed by atoms with Crippen molar-refractivity contribution in [3.63, 3.8) is 0 Å². The Balaban J connectivity index is 2.44. The van der Waals surface area contributed by atoms with Crippen molar-refractivity contribution in [3.8, 4) is 0 Å². The maximum absolute atomic E-state index is 13.1. The molecule has 0 aliphatic carbocycles. The van der Waals surface area contributed by atoms with E-state index in [0.717, 1.165) is 23.5 Å². The standard InChI is InChI=1S/C11H7BrFNO4S2/c12-7-2-1-6(13)5-8(7)14-20(17,18)9-3-4-19-10(9)11(15)16/h1-5,14H,(H,15,16). The monoisotopic (exact) mass is 379 g/mol. The number of halogens is 2. The van der Waals surface area contributed by atoms with E-state index in [1.165, 1.54) is 17.5 Å². The Bertz CT molecular complexity index is 772. The number of rotatable bonds is 4. The summed E-state index contributed by atoms with van der Waals surface area (Å²) in [6.07, 6.45) is 0. The van der Waals surface area contributed by atoms with Crippen molar-refractivity contribution in [2.45, 2.75) is 4.90 Å². The largest absolute Gasteiger partial charge is 0.477 e. The molecule has 2 N–H and O–H groups in total. The molecular weight excluding hydrogens is 373 g/mol. The molecule has 20 heavy (non-hydrogen) atoms. The molecule has 0 unspecified atom stereocenters. The Labute approximate surface area is 126 Å². The van der Waals surface area contributed by atoms with Gasteiger partial charge in [0.2, 0.25) is 0 Å². The van der Waals surface area contributed by atoms with E-state index in [-0.39, 0.29) is 15.5 Å². The molecule has 2 aromatic rings. The number of hydrogen-bond acceptors (Lipinski definition) is 4. The van der Waals surface area contributed by atoms with E-state index in [0.29, 0.717) is 4.47 Å². The fourth-order valence-corrected chi connectivity index (χ4v) is 4.25. The van der Waals surface area contributed by atoms with Gasteiger partial charge in [0, 0.05) is 4.47 Å². The highest BCUT2D eigenvalue weighted by molar-refractivity contribution is 9.10. The van der Waals surface area contributed by atoms with Crippen LogP contribution in [0.2, 0.25) is 0 Å². The molecule has 0 amide bonds. The topological polar surface area (TPSA) is 83.5 Å². The second-order valence-corrected chi connectivity index (χ2v) is 7.07. The van der Waals surface area contributed by atoms with Gasteiger partial charge in [-0.2, -0.15) is 0 Å². The highest BCUT2D eigenvalue weighted by Gasteiger charge is 2.24. The Morgan fingerprint density at radius 2 is 2.05 bits per heavy atom. The summed E-state index contributed by atoms with van der Waals surface area (Å²) in [6, 6.07) is 4.69. The second-order valence-electron chi connectivity index (χ2n) is 3.65. The van der Waals surface area contributed by atoms with Gasteiger partial charge in [-0.1, -0.05) is 0 Å². The first-order valence-electron chi connectivity index (χ1n) is 5.10. The number of aromatic carboxylic acids is 1. The lowest BCUT2D eigenvalue weighted by atomic mass is 10.3. The Morgan fingerprint density at radius 1 is 1.35 bits per heavy atom. The lowest BCUT2D eigenvalue weighted by molar-refractivity contribution is 0.0698. The van der Waals surface area contributed by atoms with Crippen LogP contribution in [0, 0.1) is 5.82 Å². The summed E-state index contributed by atoms with van der Waals surface area (Å²) >= 11 is 3.88. The maximum Gasteiger partial charge on any atom is 0.347 e. The molecule has 0 saturated carbocycles. The van der Waals surface area contributed by atoms with Crippen LogP contribution < -0.4 is 4.72 Å². The molecule has 0 aliphatic rings. The summed E-state index contributed by atoms with van der Waals surface area (Å²) in [6.45, 7) is 0. The summed E-state index contributed by atoms with van der Waals surface area (Å²) in [5, 5.41) is 10.3. The zero-order chi connectivity index (χ0) is 14.9. The predicted molar refractivity (Wildman–Crippen MR) is 76.2 cm³/mol. The molecule has 0 aliphatic heterocycles. The molecule has 0 radical (unpaired) electrons. The molecule has 0 spiro atoms. The quantitative estimate of drug-likeness (QED) is 0.854. The third-order valence-electron chi connectivity index (χ3n) is 2.29. The number of thiophene rings is 1. The van der Waals surface area contributed by atoms with Gasteiger partial charge in [-0.05, 0) is 45.6 Å². The Hall–Kier alpha value is -1.45. The SMILES string of the molecule is O=C(O)c1sccc1S(=O)(=O)Nc1cc(F)ccc1Br. The van der Waals surface area contributed by atoms with Gasteiger partial charge in [0.15, 0.2) is 0 Å². The molecule has 0 saturated heterocycles. The summed E-state index contributed by atoms with van der Waals surface area (Å²) in [5.41, 5.74) is -0.00691. The Morgan fingerprint density at radius 3 is 2.70 bits per heavy atom. The number of hydrogen-bond donors (Lipinski definition) is 2. The van der Waals surface area contributed by atoms with Crippen LogP contribution in [0.15, 0.2) is 39.0 Å². The average molecular weight is 380 g/mol. The van der Waals surface area contributed by atoms with Gasteiger partial charge in [0.05, 0.1) is 5.69 Å². The van der Waals surface area contributed by atoms with Gasteiger partial charge in [0.25, 0.3) is 10.0 Å². The number of benzene rings is 1. The van der Waals surface area contributed by atoms with Crippen molar-refractivity contribution in [2.24, 2.45) is 0 Å². The van der Waals surface area contributed by atoms with E-state index in [1.807, 2.05) is 0 Å². The smallest absolute Gasteiger partial charge is 0.347 e.